The molecule has 1 aliphatic rings. The van der Waals surface area contributed by atoms with Gasteiger partial charge in [-0.2, -0.15) is 0 Å². The lowest BCUT2D eigenvalue weighted by molar-refractivity contribution is 0.0940. The van der Waals surface area contributed by atoms with Crippen LogP contribution in [0.1, 0.15) is 16.9 Å². The number of carbonyl (C=O) groups excluding carboxylic acids is 1. The summed E-state index contributed by atoms with van der Waals surface area (Å²) in [7, 11) is 1.80. The molecule has 6 nitrogen and oxygen atoms in total. The number of aryl methyl sites for hydroxylation is 1. The van der Waals surface area contributed by atoms with Crippen molar-refractivity contribution in [2.24, 2.45) is 13.0 Å². The Morgan fingerprint density at radius 2 is 2.45 bits per heavy atom. The second-order valence-corrected chi connectivity index (χ2v) is 5.18. The number of nitrogens with zero attached hydrogens (tertiary/aromatic N) is 1. The highest BCUT2D eigenvalue weighted by molar-refractivity contribution is 5.95. The minimum atomic E-state index is -0.250. The maximum absolute atomic E-state index is 12.1. The van der Waals surface area contributed by atoms with E-state index >= 15 is 0 Å². The number of fused-ring (bicyclic) bond motifs is 1. The first-order valence-corrected chi connectivity index (χ1v) is 6.69. The van der Waals surface area contributed by atoms with E-state index in [2.05, 4.69) is 10.3 Å². The van der Waals surface area contributed by atoms with E-state index in [1.165, 1.54) is 0 Å². The van der Waals surface area contributed by atoms with Gasteiger partial charge < -0.3 is 19.6 Å². The Hall–Kier alpha value is -2.08. The molecule has 3 heterocycles. The quantitative estimate of drug-likeness (QED) is 0.862. The molecule has 1 aliphatic heterocycles. The third kappa shape index (κ3) is 2.34. The lowest BCUT2D eigenvalue weighted by Gasteiger charge is -2.09. The summed E-state index contributed by atoms with van der Waals surface area (Å²) in [5.74, 6) is 0.117. The number of aromatic nitrogens is 2. The van der Waals surface area contributed by atoms with Crippen molar-refractivity contribution in [1.29, 1.82) is 0 Å². The van der Waals surface area contributed by atoms with Gasteiger partial charge in [-0.3, -0.25) is 9.59 Å². The van der Waals surface area contributed by atoms with Gasteiger partial charge in [0.15, 0.2) is 0 Å². The van der Waals surface area contributed by atoms with Gasteiger partial charge >= 0.3 is 0 Å². The van der Waals surface area contributed by atoms with Gasteiger partial charge in [0.2, 0.25) is 0 Å². The fourth-order valence-electron chi connectivity index (χ4n) is 2.53. The van der Waals surface area contributed by atoms with Gasteiger partial charge in [0, 0.05) is 37.7 Å². The molecule has 0 aliphatic carbocycles. The van der Waals surface area contributed by atoms with E-state index in [4.69, 9.17) is 4.74 Å². The molecule has 1 unspecified atom stereocenters. The van der Waals surface area contributed by atoms with Crippen LogP contribution in [0.25, 0.3) is 10.9 Å². The van der Waals surface area contributed by atoms with Crippen molar-refractivity contribution in [3.05, 3.63) is 34.4 Å². The molecule has 1 saturated heterocycles. The fraction of sp³-hybridized carbons (Fsp3) is 0.429. The van der Waals surface area contributed by atoms with Gasteiger partial charge in [-0.05, 0) is 18.6 Å². The maximum atomic E-state index is 12.1. The van der Waals surface area contributed by atoms with Crippen molar-refractivity contribution in [3.63, 3.8) is 0 Å². The van der Waals surface area contributed by atoms with Crippen LogP contribution in [0.4, 0.5) is 0 Å². The molecule has 0 spiro atoms. The average molecular weight is 275 g/mol. The van der Waals surface area contributed by atoms with E-state index in [9.17, 15) is 9.59 Å². The Kier molecular flexibility index (Phi) is 3.31. The molecular formula is C14H17N3O3. The highest BCUT2D eigenvalue weighted by atomic mass is 16.5. The molecule has 0 aromatic carbocycles. The fourth-order valence-corrected chi connectivity index (χ4v) is 2.53. The van der Waals surface area contributed by atoms with Crippen LogP contribution in [-0.4, -0.2) is 35.2 Å². The van der Waals surface area contributed by atoms with E-state index in [0.29, 0.717) is 30.3 Å². The highest BCUT2D eigenvalue weighted by Crippen LogP contribution is 2.12. The van der Waals surface area contributed by atoms with Crippen LogP contribution in [-0.2, 0) is 11.8 Å². The highest BCUT2D eigenvalue weighted by Gasteiger charge is 2.17. The Morgan fingerprint density at radius 1 is 1.60 bits per heavy atom. The summed E-state index contributed by atoms with van der Waals surface area (Å²) in [5.41, 5.74) is 0.628. The van der Waals surface area contributed by atoms with Gasteiger partial charge in [0.25, 0.3) is 11.5 Å². The third-order valence-corrected chi connectivity index (χ3v) is 3.69. The SMILES string of the molecule is Cn1ccc2cc(C(=O)NCC3CCOC3)[nH]c(=O)c21. The molecule has 0 bridgehead atoms. The predicted molar refractivity (Wildman–Crippen MR) is 74.8 cm³/mol. The molecule has 0 radical (unpaired) electrons. The number of carbonyl (C=O) groups is 1. The normalized spacial score (nSPS) is 18.6. The van der Waals surface area contributed by atoms with Crippen molar-refractivity contribution in [2.75, 3.05) is 19.8 Å². The third-order valence-electron chi connectivity index (χ3n) is 3.69. The number of pyridine rings is 1. The minimum absolute atomic E-state index is 0.246. The van der Waals surface area contributed by atoms with Crippen LogP contribution >= 0.6 is 0 Å². The molecule has 6 heteroatoms. The van der Waals surface area contributed by atoms with Crippen LogP contribution in [0.15, 0.2) is 23.1 Å². The van der Waals surface area contributed by atoms with Gasteiger partial charge in [0.1, 0.15) is 11.2 Å². The van der Waals surface area contributed by atoms with Crippen LogP contribution in [0, 0.1) is 5.92 Å². The summed E-state index contributed by atoms with van der Waals surface area (Å²) in [6.45, 7) is 2.02. The first-order valence-electron chi connectivity index (χ1n) is 6.69. The minimum Gasteiger partial charge on any atom is -0.381 e. The second-order valence-electron chi connectivity index (χ2n) is 5.18. The number of amides is 1. The van der Waals surface area contributed by atoms with E-state index in [0.717, 1.165) is 18.4 Å². The second kappa shape index (κ2) is 5.13. The Labute approximate surface area is 115 Å². The monoisotopic (exact) mass is 275 g/mol. The maximum Gasteiger partial charge on any atom is 0.273 e. The summed E-state index contributed by atoms with van der Waals surface area (Å²) in [5, 5.41) is 3.61. The zero-order valence-electron chi connectivity index (χ0n) is 11.3. The molecule has 3 rings (SSSR count). The standard InChI is InChI=1S/C14H17N3O3/c1-17-4-2-10-6-11(16-14(19)12(10)17)13(18)15-7-9-3-5-20-8-9/h2,4,6,9H,3,5,7-8H2,1H3,(H,15,18)(H,16,19). The first kappa shape index (κ1) is 12.9. The molecule has 1 amide bonds. The molecule has 0 saturated carbocycles. The van der Waals surface area contributed by atoms with Gasteiger partial charge in [0.05, 0.1) is 6.61 Å². The molecule has 1 fully saturated rings. The molecule has 1 atom stereocenters. The van der Waals surface area contributed by atoms with Gasteiger partial charge in [-0.25, -0.2) is 0 Å². The summed E-state index contributed by atoms with van der Waals surface area (Å²) in [6, 6.07) is 3.53. The summed E-state index contributed by atoms with van der Waals surface area (Å²) in [4.78, 5) is 26.7. The number of hydrogen-bond donors (Lipinski definition) is 2. The molecule has 2 aromatic heterocycles. The van der Waals surface area contributed by atoms with Gasteiger partial charge in [-0.15, -0.1) is 0 Å². The topological polar surface area (TPSA) is 76.1 Å². The predicted octanol–water partition coefficient (Wildman–Crippen LogP) is 0.633. The van der Waals surface area contributed by atoms with Crippen LogP contribution in [0.3, 0.4) is 0 Å². The first-order chi connectivity index (χ1) is 9.65. The van der Waals surface area contributed by atoms with Crippen molar-refractivity contribution in [3.8, 4) is 0 Å². The van der Waals surface area contributed by atoms with E-state index in [-0.39, 0.29) is 11.5 Å². The van der Waals surface area contributed by atoms with Crippen molar-refractivity contribution in [2.45, 2.75) is 6.42 Å². The van der Waals surface area contributed by atoms with Crippen molar-refractivity contribution < 1.29 is 9.53 Å². The summed E-state index contributed by atoms with van der Waals surface area (Å²) >= 11 is 0. The van der Waals surface area contributed by atoms with E-state index in [1.807, 2.05) is 6.07 Å². The van der Waals surface area contributed by atoms with E-state index in [1.54, 1.807) is 23.9 Å². The Balaban J connectivity index is 1.79. The van der Waals surface area contributed by atoms with Crippen LogP contribution in [0.5, 0.6) is 0 Å². The van der Waals surface area contributed by atoms with E-state index < -0.39 is 0 Å². The average Bonchev–Trinajstić information content (AvgIpc) is 3.06. The van der Waals surface area contributed by atoms with Crippen molar-refractivity contribution >= 4 is 16.8 Å². The molecule has 20 heavy (non-hydrogen) atoms. The molecule has 2 N–H and O–H groups in total. The summed E-state index contributed by atoms with van der Waals surface area (Å²) in [6.07, 6.45) is 2.77. The number of aromatic amines is 1. The number of hydrogen-bond acceptors (Lipinski definition) is 3. The zero-order valence-corrected chi connectivity index (χ0v) is 11.3. The van der Waals surface area contributed by atoms with Gasteiger partial charge in [-0.1, -0.05) is 0 Å². The van der Waals surface area contributed by atoms with Crippen LogP contribution in [0.2, 0.25) is 0 Å². The number of ether oxygens (including phenoxy) is 1. The van der Waals surface area contributed by atoms with Crippen LogP contribution < -0.4 is 10.9 Å². The zero-order chi connectivity index (χ0) is 14.1. The summed E-state index contributed by atoms with van der Waals surface area (Å²) < 4.78 is 7.00. The number of rotatable bonds is 3. The lowest BCUT2D eigenvalue weighted by atomic mass is 10.1. The molecule has 106 valence electrons. The molecule has 2 aromatic rings. The Bertz CT molecular complexity index is 695. The number of nitrogens with one attached hydrogen (secondary N) is 2. The smallest absolute Gasteiger partial charge is 0.273 e. The van der Waals surface area contributed by atoms with Crippen molar-refractivity contribution in [1.82, 2.24) is 14.9 Å². The molecular weight excluding hydrogens is 258 g/mol. The number of H-pyrrole nitrogens is 1. The largest absolute Gasteiger partial charge is 0.381 e. The lowest BCUT2D eigenvalue weighted by Crippen LogP contribution is -2.31. The Morgan fingerprint density at radius 3 is 3.20 bits per heavy atom.